The maximum atomic E-state index is 11.1. The molecule has 13 heavy (non-hydrogen) atoms. The Morgan fingerprint density at radius 1 is 1.77 bits per heavy atom. The molecule has 0 spiro atoms. The predicted molar refractivity (Wildman–Crippen MR) is 54.1 cm³/mol. The number of rotatable bonds is 6. The number of nitrogens with one attached hydrogen (secondary N) is 2. The van der Waals surface area contributed by atoms with Crippen LogP contribution in [0.1, 0.15) is 13.3 Å². The van der Waals surface area contributed by atoms with Crippen LogP contribution >= 0.6 is 0 Å². The number of hydrogen-bond acceptors (Lipinski definition) is 2. The van der Waals surface area contributed by atoms with Crippen LogP contribution in [0.15, 0.2) is 12.7 Å². The number of amides is 1. The molecule has 0 aromatic rings. The lowest BCUT2D eigenvalue weighted by Gasteiger charge is -2.10. The highest BCUT2D eigenvalue weighted by molar-refractivity contribution is 5.78. The highest BCUT2D eigenvalue weighted by atomic mass is 16.1. The molecule has 0 fully saturated rings. The van der Waals surface area contributed by atoms with Crippen LogP contribution in [0.3, 0.4) is 0 Å². The van der Waals surface area contributed by atoms with Crippen molar-refractivity contribution >= 4 is 5.91 Å². The molecule has 0 saturated heterocycles. The molecule has 0 rings (SSSR count). The van der Waals surface area contributed by atoms with E-state index in [9.17, 15) is 4.79 Å². The van der Waals surface area contributed by atoms with Gasteiger partial charge in [-0.1, -0.05) is 6.08 Å². The van der Waals surface area contributed by atoms with Gasteiger partial charge in [0.05, 0.1) is 6.54 Å². The van der Waals surface area contributed by atoms with E-state index in [-0.39, 0.29) is 11.9 Å². The van der Waals surface area contributed by atoms with Gasteiger partial charge in [-0.05, 0) is 6.92 Å². The summed E-state index contributed by atoms with van der Waals surface area (Å²) in [7, 11) is 0. The van der Waals surface area contributed by atoms with E-state index in [0.717, 1.165) is 0 Å². The molecule has 1 unspecified atom stereocenters. The van der Waals surface area contributed by atoms with Gasteiger partial charge in [-0.3, -0.25) is 4.79 Å². The first-order chi connectivity index (χ1) is 6.20. The molecule has 0 aliphatic heterocycles. The molecule has 0 aliphatic carbocycles. The third-order valence-electron chi connectivity index (χ3n) is 1.41. The molecule has 1 amide bonds. The fourth-order valence-corrected chi connectivity index (χ4v) is 0.841. The zero-order valence-electron chi connectivity index (χ0n) is 7.97. The molecule has 3 nitrogen and oxygen atoms in total. The van der Waals surface area contributed by atoms with Gasteiger partial charge >= 0.3 is 0 Å². The first-order valence-corrected chi connectivity index (χ1v) is 4.25. The minimum Gasteiger partial charge on any atom is -0.352 e. The molecule has 3 heteroatoms. The number of hydrogen-bond donors (Lipinski definition) is 2. The van der Waals surface area contributed by atoms with E-state index >= 15 is 0 Å². The van der Waals surface area contributed by atoms with Crippen molar-refractivity contribution in [3.8, 4) is 12.3 Å². The lowest BCUT2D eigenvalue weighted by Crippen LogP contribution is -2.38. The van der Waals surface area contributed by atoms with Crippen LogP contribution in [0.2, 0.25) is 0 Å². The minimum atomic E-state index is -0.0374. The second-order valence-corrected chi connectivity index (χ2v) is 2.80. The SMILES string of the molecule is C#CCC(C)NC(=O)CNCC=C. The third kappa shape index (κ3) is 7.10. The summed E-state index contributed by atoms with van der Waals surface area (Å²) in [6.07, 6.45) is 7.37. The third-order valence-corrected chi connectivity index (χ3v) is 1.41. The van der Waals surface area contributed by atoms with E-state index in [1.807, 2.05) is 6.92 Å². The zero-order chi connectivity index (χ0) is 10.1. The summed E-state index contributed by atoms with van der Waals surface area (Å²) in [4.78, 5) is 11.1. The van der Waals surface area contributed by atoms with Crippen molar-refractivity contribution in [2.75, 3.05) is 13.1 Å². The molecule has 0 heterocycles. The average Bonchev–Trinajstić information content (AvgIpc) is 2.05. The number of carbonyl (C=O) groups is 1. The lowest BCUT2D eigenvalue weighted by atomic mass is 10.2. The van der Waals surface area contributed by atoms with Gasteiger partial charge in [0.25, 0.3) is 0 Å². The van der Waals surface area contributed by atoms with E-state index in [2.05, 4.69) is 23.1 Å². The molecule has 2 N–H and O–H groups in total. The number of terminal acetylenes is 1. The monoisotopic (exact) mass is 180 g/mol. The van der Waals surface area contributed by atoms with Crippen molar-refractivity contribution in [1.29, 1.82) is 0 Å². The van der Waals surface area contributed by atoms with Crippen molar-refractivity contribution < 1.29 is 4.79 Å². The molecule has 1 atom stereocenters. The molecular weight excluding hydrogens is 164 g/mol. The Balaban J connectivity index is 3.50. The predicted octanol–water partition coefficient (Wildman–Crippen LogP) is 0.290. The molecule has 0 aliphatic rings. The molecule has 0 radical (unpaired) electrons. The van der Waals surface area contributed by atoms with E-state index in [0.29, 0.717) is 19.5 Å². The molecule has 0 aromatic heterocycles. The summed E-state index contributed by atoms with van der Waals surface area (Å²) >= 11 is 0. The van der Waals surface area contributed by atoms with Gasteiger partial charge in [-0.25, -0.2) is 0 Å². The van der Waals surface area contributed by atoms with Crippen molar-refractivity contribution in [3.05, 3.63) is 12.7 Å². The second kappa shape index (κ2) is 7.38. The standard InChI is InChI=1S/C10H16N2O/c1-4-6-9(3)12-10(13)8-11-7-5-2/h1,5,9,11H,2,6-8H2,3H3,(H,12,13). The van der Waals surface area contributed by atoms with E-state index in [1.54, 1.807) is 6.08 Å². The molecule has 0 saturated carbocycles. The van der Waals surface area contributed by atoms with E-state index in [1.165, 1.54) is 0 Å². The van der Waals surface area contributed by atoms with Crippen molar-refractivity contribution in [1.82, 2.24) is 10.6 Å². The highest BCUT2D eigenvalue weighted by Gasteiger charge is 2.04. The zero-order valence-corrected chi connectivity index (χ0v) is 7.97. The Labute approximate surface area is 79.6 Å². The lowest BCUT2D eigenvalue weighted by molar-refractivity contribution is -0.120. The minimum absolute atomic E-state index is 0.0374. The average molecular weight is 180 g/mol. The van der Waals surface area contributed by atoms with Gasteiger partial charge in [0.1, 0.15) is 0 Å². The van der Waals surface area contributed by atoms with Gasteiger partial charge in [-0.15, -0.1) is 18.9 Å². The molecule has 72 valence electrons. The fourth-order valence-electron chi connectivity index (χ4n) is 0.841. The maximum Gasteiger partial charge on any atom is 0.234 e. The van der Waals surface area contributed by atoms with Gasteiger partial charge in [0.2, 0.25) is 5.91 Å². The Hall–Kier alpha value is -1.27. The van der Waals surface area contributed by atoms with Gasteiger partial charge in [0, 0.05) is 19.0 Å². The normalized spacial score (nSPS) is 11.4. The van der Waals surface area contributed by atoms with Gasteiger partial charge in [0.15, 0.2) is 0 Å². The van der Waals surface area contributed by atoms with Crippen LogP contribution in [0.4, 0.5) is 0 Å². The van der Waals surface area contributed by atoms with Crippen LogP contribution in [-0.2, 0) is 4.79 Å². The Bertz CT molecular complexity index is 205. The van der Waals surface area contributed by atoms with Crippen LogP contribution in [0, 0.1) is 12.3 Å². The largest absolute Gasteiger partial charge is 0.352 e. The van der Waals surface area contributed by atoms with Crippen molar-refractivity contribution in [2.45, 2.75) is 19.4 Å². The van der Waals surface area contributed by atoms with Crippen LogP contribution in [0.25, 0.3) is 0 Å². The summed E-state index contributed by atoms with van der Waals surface area (Å²) < 4.78 is 0. The summed E-state index contributed by atoms with van der Waals surface area (Å²) in [5.74, 6) is 2.45. The Morgan fingerprint density at radius 3 is 3.00 bits per heavy atom. The molecular formula is C10H16N2O. The number of carbonyl (C=O) groups excluding carboxylic acids is 1. The Kier molecular flexibility index (Phi) is 6.66. The first-order valence-electron chi connectivity index (χ1n) is 4.25. The van der Waals surface area contributed by atoms with E-state index in [4.69, 9.17) is 6.42 Å². The van der Waals surface area contributed by atoms with Crippen LogP contribution < -0.4 is 10.6 Å². The first kappa shape index (κ1) is 11.7. The van der Waals surface area contributed by atoms with Gasteiger partial charge < -0.3 is 10.6 Å². The molecule has 0 aromatic carbocycles. The Morgan fingerprint density at radius 2 is 2.46 bits per heavy atom. The van der Waals surface area contributed by atoms with Crippen molar-refractivity contribution in [3.63, 3.8) is 0 Å². The second-order valence-electron chi connectivity index (χ2n) is 2.80. The summed E-state index contributed by atoms with van der Waals surface area (Å²) in [6, 6.07) is 0.0445. The fraction of sp³-hybridized carbons (Fsp3) is 0.500. The summed E-state index contributed by atoms with van der Waals surface area (Å²) in [5.41, 5.74) is 0. The molecule has 0 bridgehead atoms. The maximum absolute atomic E-state index is 11.1. The smallest absolute Gasteiger partial charge is 0.234 e. The van der Waals surface area contributed by atoms with Gasteiger partial charge in [-0.2, -0.15) is 0 Å². The highest BCUT2D eigenvalue weighted by Crippen LogP contribution is 1.86. The topological polar surface area (TPSA) is 41.1 Å². The quantitative estimate of drug-likeness (QED) is 0.350. The summed E-state index contributed by atoms with van der Waals surface area (Å²) in [5, 5.41) is 5.66. The van der Waals surface area contributed by atoms with Crippen molar-refractivity contribution in [2.24, 2.45) is 0 Å². The summed E-state index contributed by atoms with van der Waals surface area (Å²) in [6.45, 7) is 6.35. The van der Waals surface area contributed by atoms with E-state index < -0.39 is 0 Å². The van der Waals surface area contributed by atoms with Crippen LogP contribution in [-0.4, -0.2) is 25.0 Å². The van der Waals surface area contributed by atoms with Crippen LogP contribution in [0.5, 0.6) is 0 Å².